The summed E-state index contributed by atoms with van der Waals surface area (Å²) in [5.41, 5.74) is 0.439. The van der Waals surface area contributed by atoms with Gasteiger partial charge in [-0.1, -0.05) is 13.0 Å². The number of aliphatic hydroxyl groups excluding tert-OH is 1. The molecule has 0 saturated carbocycles. The lowest BCUT2D eigenvalue weighted by Crippen LogP contribution is -2.06. The number of rotatable bonds is 7. The van der Waals surface area contributed by atoms with Crippen molar-refractivity contribution in [1.82, 2.24) is 0 Å². The molecular formula is C11H20O3. The van der Waals surface area contributed by atoms with Gasteiger partial charge < -0.3 is 9.84 Å². The average molecular weight is 200 g/mol. The summed E-state index contributed by atoms with van der Waals surface area (Å²) in [7, 11) is 0. The van der Waals surface area contributed by atoms with E-state index in [9.17, 15) is 4.79 Å². The third-order valence-corrected chi connectivity index (χ3v) is 1.85. The first kappa shape index (κ1) is 13.2. The second-order valence-corrected chi connectivity index (χ2v) is 3.61. The lowest BCUT2D eigenvalue weighted by Gasteiger charge is -2.05. The van der Waals surface area contributed by atoms with Crippen molar-refractivity contribution < 1.29 is 14.6 Å². The number of carbonyl (C=O) groups is 1. The van der Waals surface area contributed by atoms with Gasteiger partial charge in [0.1, 0.15) is 0 Å². The Kier molecular flexibility index (Phi) is 7.11. The Balaban J connectivity index is 3.22. The molecule has 1 atom stereocenters. The van der Waals surface area contributed by atoms with Crippen LogP contribution in [0.3, 0.4) is 0 Å². The molecule has 1 unspecified atom stereocenters. The molecular weight excluding hydrogens is 180 g/mol. The van der Waals surface area contributed by atoms with E-state index >= 15 is 0 Å². The zero-order chi connectivity index (χ0) is 11.0. The van der Waals surface area contributed by atoms with Gasteiger partial charge in [0.05, 0.1) is 12.7 Å². The number of hydrogen-bond donors (Lipinski definition) is 1. The standard InChI is InChI=1S/C11H20O3/c1-9(2)11(13)14-8-6-4-5-7-10(3)12/h10,12H,1,4-8H2,2-3H3. The van der Waals surface area contributed by atoms with Crippen molar-refractivity contribution in [3.05, 3.63) is 12.2 Å². The molecule has 0 aromatic carbocycles. The molecule has 0 aliphatic rings. The molecule has 0 saturated heterocycles. The first-order valence-corrected chi connectivity index (χ1v) is 5.04. The molecule has 0 bridgehead atoms. The molecule has 0 spiro atoms. The highest BCUT2D eigenvalue weighted by Crippen LogP contribution is 2.03. The van der Waals surface area contributed by atoms with Gasteiger partial charge in [0, 0.05) is 5.57 Å². The third-order valence-electron chi connectivity index (χ3n) is 1.85. The highest BCUT2D eigenvalue weighted by Gasteiger charge is 2.02. The minimum absolute atomic E-state index is 0.229. The summed E-state index contributed by atoms with van der Waals surface area (Å²) >= 11 is 0. The van der Waals surface area contributed by atoms with Crippen LogP contribution in [0.5, 0.6) is 0 Å². The molecule has 0 aromatic rings. The van der Waals surface area contributed by atoms with Gasteiger partial charge in [-0.2, -0.15) is 0 Å². The molecule has 1 N–H and O–H groups in total. The number of aliphatic hydroxyl groups is 1. The second-order valence-electron chi connectivity index (χ2n) is 3.61. The maximum atomic E-state index is 10.9. The number of esters is 1. The van der Waals surface area contributed by atoms with Crippen molar-refractivity contribution in [2.45, 2.75) is 45.6 Å². The fourth-order valence-corrected chi connectivity index (χ4v) is 1.01. The number of ether oxygens (including phenoxy) is 1. The van der Waals surface area contributed by atoms with Crippen LogP contribution in [0.15, 0.2) is 12.2 Å². The molecule has 0 aliphatic heterocycles. The Morgan fingerprint density at radius 1 is 1.43 bits per heavy atom. The quantitative estimate of drug-likeness (QED) is 0.388. The first-order chi connectivity index (χ1) is 6.54. The fourth-order valence-electron chi connectivity index (χ4n) is 1.01. The molecule has 3 nitrogen and oxygen atoms in total. The van der Waals surface area contributed by atoms with Gasteiger partial charge in [-0.3, -0.25) is 0 Å². The fraction of sp³-hybridized carbons (Fsp3) is 0.727. The van der Waals surface area contributed by atoms with Gasteiger partial charge >= 0.3 is 5.97 Å². The molecule has 0 aromatic heterocycles. The first-order valence-electron chi connectivity index (χ1n) is 5.04. The molecule has 0 heterocycles. The highest BCUT2D eigenvalue weighted by atomic mass is 16.5. The topological polar surface area (TPSA) is 46.5 Å². The van der Waals surface area contributed by atoms with Gasteiger partial charge in [-0.15, -0.1) is 0 Å². The smallest absolute Gasteiger partial charge is 0.333 e. The summed E-state index contributed by atoms with van der Waals surface area (Å²) in [6.07, 6.45) is 3.39. The van der Waals surface area contributed by atoms with E-state index in [-0.39, 0.29) is 12.1 Å². The van der Waals surface area contributed by atoms with Crippen LogP contribution in [-0.2, 0) is 9.53 Å². The molecule has 0 aliphatic carbocycles. The highest BCUT2D eigenvalue weighted by molar-refractivity contribution is 5.86. The van der Waals surface area contributed by atoms with E-state index in [0.29, 0.717) is 12.2 Å². The van der Waals surface area contributed by atoms with Gasteiger partial charge in [0.2, 0.25) is 0 Å². The Morgan fingerprint density at radius 3 is 2.57 bits per heavy atom. The van der Waals surface area contributed by atoms with Crippen LogP contribution >= 0.6 is 0 Å². The maximum Gasteiger partial charge on any atom is 0.333 e. The second kappa shape index (κ2) is 7.56. The van der Waals surface area contributed by atoms with Crippen LogP contribution in [0.4, 0.5) is 0 Å². The van der Waals surface area contributed by atoms with Crippen LogP contribution < -0.4 is 0 Å². The molecule has 3 heteroatoms. The predicted octanol–water partition coefficient (Wildman–Crippen LogP) is 2.05. The largest absolute Gasteiger partial charge is 0.462 e. The lowest BCUT2D eigenvalue weighted by atomic mass is 10.1. The van der Waals surface area contributed by atoms with Gasteiger partial charge in [-0.05, 0) is 33.1 Å². The van der Waals surface area contributed by atoms with Crippen LogP contribution in [0.2, 0.25) is 0 Å². The number of hydrogen-bond acceptors (Lipinski definition) is 3. The van der Waals surface area contributed by atoms with Gasteiger partial charge in [0.15, 0.2) is 0 Å². The minimum Gasteiger partial charge on any atom is -0.462 e. The molecule has 82 valence electrons. The average Bonchev–Trinajstić information content (AvgIpc) is 2.09. The third kappa shape index (κ3) is 7.80. The molecule has 0 rings (SSSR count). The SMILES string of the molecule is C=C(C)C(=O)OCCCCCC(C)O. The molecule has 14 heavy (non-hydrogen) atoms. The summed E-state index contributed by atoms with van der Waals surface area (Å²) in [6, 6.07) is 0. The van der Waals surface area contributed by atoms with E-state index in [1.807, 2.05) is 0 Å². The predicted molar refractivity (Wildman–Crippen MR) is 55.9 cm³/mol. The van der Waals surface area contributed by atoms with Crippen molar-refractivity contribution in [2.24, 2.45) is 0 Å². The Labute approximate surface area is 85.8 Å². The van der Waals surface area contributed by atoms with Crippen molar-refractivity contribution >= 4 is 5.97 Å². The van der Waals surface area contributed by atoms with Crippen LogP contribution in [0.1, 0.15) is 39.5 Å². The normalized spacial score (nSPS) is 12.2. The molecule has 0 radical (unpaired) electrons. The van der Waals surface area contributed by atoms with Crippen LogP contribution in [0, 0.1) is 0 Å². The Hall–Kier alpha value is -0.830. The summed E-state index contributed by atoms with van der Waals surface area (Å²) in [4.78, 5) is 10.9. The van der Waals surface area contributed by atoms with E-state index in [0.717, 1.165) is 25.7 Å². The van der Waals surface area contributed by atoms with E-state index in [4.69, 9.17) is 9.84 Å². The van der Waals surface area contributed by atoms with Crippen molar-refractivity contribution in [1.29, 1.82) is 0 Å². The van der Waals surface area contributed by atoms with Crippen LogP contribution in [-0.4, -0.2) is 23.8 Å². The Bertz CT molecular complexity index is 185. The van der Waals surface area contributed by atoms with Crippen molar-refractivity contribution in [3.8, 4) is 0 Å². The van der Waals surface area contributed by atoms with Gasteiger partial charge in [0.25, 0.3) is 0 Å². The van der Waals surface area contributed by atoms with E-state index in [1.165, 1.54) is 0 Å². The summed E-state index contributed by atoms with van der Waals surface area (Å²) in [6.45, 7) is 7.35. The van der Waals surface area contributed by atoms with Gasteiger partial charge in [-0.25, -0.2) is 4.79 Å². The van der Waals surface area contributed by atoms with E-state index in [1.54, 1.807) is 13.8 Å². The summed E-state index contributed by atoms with van der Waals surface area (Å²) < 4.78 is 4.91. The van der Waals surface area contributed by atoms with Crippen molar-refractivity contribution in [2.75, 3.05) is 6.61 Å². The maximum absolute atomic E-state index is 10.9. The zero-order valence-corrected chi connectivity index (χ0v) is 9.08. The number of carbonyl (C=O) groups excluding carboxylic acids is 1. The summed E-state index contributed by atoms with van der Waals surface area (Å²) in [5.74, 6) is -0.319. The monoisotopic (exact) mass is 200 g/mol. The Morgan fingerprint density at radius 2 is 2.07 bits per heavy atom. The number of unbranched alkanes of at least 4 members (excludes halogenated alkanes) is 2. The van der Waals surface area contributed by atoms with E-state index < -0.39 is 0 Å². The van der Waals surface area contributed by atoms with Crippen LogP contribution in [0.25, 0.3) is 0 Å². The molecule has 0 amide bonds. The molecule has 0 fully saturated rings. The van der Waals surface area contributed by atoms with Crippen molar-refractivity contribution in [3.63, 3.8) is 0 Å². The zero-order valence-electron chi connectivity index (χ0n) is 9.08. The minimum atomic E-state index is -0.319. The van der Waals surface area contributed by atoms with E-state index in [2.05, 4.69) is 6.58 Å². The summed E-state index contributed by atoms with van der Waals surface area (Å²) in [5, 5.41) is 8.97. The lowest BCUT2D eigenvalue weighted by molar-refractivity contribution is -0.139.